The molecule has 2 heterocycles. The summed E-state index contributed by atoms with van der Waals surface area (Å²) in [5.74, 6) is 0.260. The number of non-ortho nitro benzene ring substituents is 1. The maximum Gasteiger partial charge on any atom is 0.410 e. The number of anilines is 1. The third kappa shape index (κ3) is 4.71. The van der Waals surface area contributed by atoms with Crippen LogP contribution in [0, 0.1) is 16.0 Å². The number of rotatable bonds is 4. The molecule has 0 saturated carbocycles. The van der Waals surface area contributed by atoms with Crippen LogP contribution in [0.5, 0.6) is 0 Å². The highest BCUT2D eigenvalue weighted by molar-refractivity contribution is 5.77. The summed E-state index contributed by atoms with van der Waals surface area (Å²) in [5.41, 5.74) is 0.429. The van der Waals surface area contributed by atoms with Gasteiger partial charge < -0.3 is 19.0 Å². The molecule has 9 heteroatoms. The number of carbonyl (C=O) groups excluding carboxylic acids is 1. The van der Waals surface area contributed by atoms with Gasteiger partial charge in [-0.05, 0) is 45.6 Å². The van der Waals surface area contributed by atoms with Crippen molar-refractivity contribution >= 4 is 28.9 Å². The molecule has 1 fully saturated rings. The third-order valence-electron chi connectivity index (χ3n) is 4.60. The number of ether oxygens (including phenoxy) is 1. The predicted octanol–water partition coefficient (Wildman–Crippen LogP) is 3.82. The number of amides is 1. The number of aromatic nitrogens is 1. The number of nitro groups is 1. The maximum absolute atomic E-state index is 12.3. The second-order valence-corrected chi connectivity index (χ2v) is 8.22. The van der Waals surface area contributed by atoms with E-state index < -0.39 is 10.5 Å². The van der Waals surface area contributed by atoms with Crippen molar-refractivity contribution in [1.82, 2.24) is 9.88 Å². The first-order chi connectivity index (χ1) is 13.1. The first kappa shape index (κ1) is 19.9. The molecule has 152 valence electrons. The fourth-order valence-corrected chi connectivity index (χ4v) is 3.35. The normalized spacial score (nSPS) is 17.6. The fraction of sp³-hybridized carbons (Fsp3) is 0.579. The Morgan fingerprint density at radius 3 is 2.89 bits per heavy atom. The van der Waals surface area contributed by atoms with Gasteiger partial charge in [-0.3, -0.25) is 10.1 Å². The highest BCUT2D eigenvalue weighted by Crippen LogP contribution is 2.27. The monoisotopic (exact) mass is 390 g/mol. The molecule has 1 atom stereocenters. The number of oxazole rings is 1. The second-order valence-electron chi connectivity index (χ2n) is 8.22. The minimum absolute atomic E-state index is 0.0183. The zero-order chi connectivity index (χ0) is 20.5. The van der Waals surface area contributed by atoms with Crippen molar-refractivity contribution in [1.29, 1.82) is 0 Å². The summed E-state index contributed by atoms with van der Waals surface area (Å²) in [6.07, 6.45) is 1.63. The Morgan fingerprint density at radius 2 is 2.21 bits per heavy atom. The van der Waals surface area contributed by atoms with Crippen LogP contribution in [-0.4, -0.2) is 53.2 Å². The molecular formula is C19H26N4O5. The Morgan fingerprint density at radius 1 is 1.46 bits per heavy atom. The van der Waals surface area contributed by atoms with Gasteiger partial charge in [-0.25, -0.2) is 4.79 Å². The van der Waals surface area contributed by atoms with E-state index in [2.05, 4.69) is 4.98 Å². The van der Waals surface area contributed by atoms with Crippen molar-refractivity contribution in [2.75, 3.05) is 31.6 Å². The standard InChI is InChI=1S/C19H26N4O5/c1-19(2,3)28-18(24)22-9-5-6-13(12-22)11-21(4)17-20-15-10-14(23(25)26)7-8-16(15)27-17/h7-8,10,13H,5-6,9,11-12H2,1-4H3/t13-/m0/s1. The molecule has 9 nitrogen and oxygen atoms in total. The van der Waals surface area contributed by atoms with E-state index in [1.165, 1.54) is 12.1 Å². The van der Waals surface area contributed by atoms with Crippen LogP contribution in [0.1, 0.15) is 33.6 Å². The lowest BCUT2D eigenvalue weighted by Gasteiger charge is -2.35. The van der Waals surface area contributed by atoms with Crippen molar-refractivity contribution in [3.8, 4) is 0 Å². The van der Waals surface area contributed by atoms with Crippen LogP contribution in [0.3, 0.4) is 0 Å². The number of fused-ring (bicyclic) bond motifs is 1. The Balaban J connectivity index is 1.65. The van der Waals surface area contributed by atoms with Gasteiger partial charge in [0.1, 0.15) is 11.1 Å². The number of likely N-dealkylation sites (tertiary alicyclic amines) is 1. The van der Waals surface area contributed by atoms with Gasteiger partial charge in [0, 0.05) is 38.8 Å². The molecule has 0 N–H and O–H groups in total. The minimum atomic E-state index is -0.512. The molecule has 0 bridgehead atoms. The molecule has 2 aromatic rings. The number of carbonyl (C=O) groups is 1. The zero-order valence-corrected chi connectivity index (χ0v) is 16.7. The van der Waals surface area contributed by atoms with Gasteiger partial charge in [-0.1, -0.05) is 0 Å². The molecule has 0 radical (unpaired) electrons. The molecule has 28 heavy (non-hydrogen) atoms. The third-order valence-corrected chi connectivity index (χ3v) is 4.60. The van der Waals surface area contributed by atoms with Gasteiger partial charge >= 0.3 is 6.09 Å². The largest absolute Gasteiger partial charge is 0.444 e. The summed E-state index contributed by atoms with van der Waals surface area (Å²) in [5, 5.41) is 10.9. The fourth-order valence-electron chi connectivity index (χ4n) is 3.35. The van der Waals surface area contributed by atoms with Crippen LogP contribution in [0.15, 0.2) is 22.6 Å². The Bertz CT molecular complexity index is 873. The van der Waals surface area contributed by atoms with Crippen LogP contribution >= 0.6 is 0 Å². The lowest BCUT2D eigenvalue weighted by Crippen LogP contribution is -2.45. The van der Waals surface area contributed by atoms with Crippen LogP contribution < -0.4 is 4.90 Å². The minimum Gasteiger partial charge on any atom is -0.444 e. The predicted molar refractivity (Wildman–Crippen MR) is 104 cm³/mol. The van der Waals surface area contributed by atoms with E-state index in [-0.39, 0.29) is 17.7 Å². The van der Waals surface area contributed by atoms with Gasteiger partial charge in [0.25, 0.3) is 11.7 Å². The highest BCUT2D eigenvalue weighted by atomic mass is 16.6. The average Bonchev–Trinajstić information content (AvgIpc) is 3.04. The summed E-state index contributed by atoms with van der Waals surface area (Å²) in [6.45, 7) is 7.55. The SMILES string of the molecule is CN(C[C@@H]1CCCN(C(=O)OC(C)(C)C)C1)c1nc2cc([N+](=O)[O-])ccc2o1. The zero-order valence-electron chi connectivity index (χ0n) is 16.7. The van der Waals surface area contributed by atoms with E-state index >= 15 is 0 Å². The molecule has 0 unspecified atom stereocenters. The molecule has 1 aromatic heterocycles. The lowest BCUT2D eigenvalue weighted by molar-refractivity contribution is -0.384. The van der Waals surface area contributed by atoms with Crippen LogP contribution in [0.2, 0.25) is 0 Å². The smallest absolute Gasteiger partial charge is 0.410 e. The Kier molecular flexibility index (Phi) is 5.44. The van der Waals surface area contributed by atoms with E-state index in [0.717, 1.165) is 12.8 Å². The average molecular weight is 390 g/mol. The van der Waals surface area contributed by atoms with Crippen LogP contribution in [-0.2, 0) is 4.74 Å². The number of benzene rings is 1. The molecular weight excluding hydrogens is 364 g/mol. The topological polar surface area (TPSA) is 102 Å². The van der Waals surface area contributed by atoms with Crippen molar-refractivity contribution in [3.05, 3.63) is 28.3 Å². The van der Waals surface area contributed by atoms with E-state index in [1.54, 1.807) is 11.0 Å². The molecule has 3 rings (SSSR count). The van der Waals surface area contributed by atoms with Gasteiger partial charge in [-0.15, -0.1) is 0 Å². The second kappa shape index (κ2) is 7.65. The summed E-state index contributed by atoms with van der Waals surface area (Å²) in [7, 11) is 1.87. The maximum atomic E-state index is 12.3. The Hall–Kier alpha value is -2.84. The van der Waals surface area contributed by atoms with Crippen molar-refractivity contribution < 1.29 is 18.9 Å². The van der Waals surface area contributed by atoms with Gasteiger partial charge in [-0.2, -0.15) is 4.98 Å². The first-order valence-corrected chi connectivity index (χ1v) is 9.36. The summed E-state index contributed by atoms with van der Waals surface area (Å²) < 4.78 is 11.2. The number of piperidine rings is 1. The summed E-state index contributed by atoms with van der Waals surface area (Å²) in [6, 6.07) is 4.77. The highest BCUT2D eigenvalue weighted by Gasteiger charge is 2.28. The number of hydrogen-bond acceptors (Lipinski definition) is 7. The van der Waals surface area contributed by atoms with E-state index in [4.69, 9.17) is 9.15 Å². The van der Waals surface area contributed by atoms with E-state index in [9.17, 15) is 14.9 Å². The molecule has 1 aliphatic heterocycles. The van der Waals surface area contributed by atoms with Crippen molar-refractivity contribution in [2.24, 2.45) is 5.92 Å². The quantitative estimate of drug-likeness (QED) is 0.577. The van der Waals surface area contributed by atoms with Crippen molar-refractivity contribution in [2.45, 2.75) is 39.2 Å². The van der Waals surface area contributed by atoms with Gasteiger partial charge in [0.05, 0.1) is 4.92 Å². The van der Waals surface area contributed by atoms with Crippen LogP contribution in [0.25, 0.3) is 11.1 Å². The number of hydrogen-bond donors (Lipinski definition) is 0. The van der Waals surface area contributed by atoms with Gasteiger partial charge in [0.2, 0.25) is 0 Å². The van der Waals surface area contributed by atoms with Crippen LogP contribution in [0.4, 0.5) is 16.5 Å². The molecule has 1 saturated heterocycles. The molecule has 1 amide bonds. The molecule has 0 aliphatic carbocycles. The summed E-state index contributed by atoms with van der Waals surface area (Å²) in [4.78, 5) is 30.8. The number of nitro benzene ring substituents is 1. The first-order valence-electron chi connectivity index (χ1n) is 9.36. The Labute approximate surface area is 163 Å². The van der Waals surface area contributed by atoms with E-state index in [0.29, 0.717) is 36.7 Å². The molecule has 1 aromatic carbocycles. The number of nitrogens with zero attached hydrogens (tertiary/aromatic N) is 4. The molecule has 1 aliphatic rings. The summed E-state index contributed by atoms with van der Waals surface area (Å²) >= 11 is 0. The van der Waals surface area contributed by atoms with E-state index in [1.807, 2.05) is 32.7 Å². The lowest BCUT2D eigenvalue weighted by atomic mass is 9.98. The molecule has 0 spiro atoms. The van der Waals surface area contributed by atoms with Gasteiger partial charge in [0.15, 0.2) is 5.58 Å². The van der Waals surface area contributed by atoms with Crippen molar-refractivity contribution in [3.63, 3.8) is 0 Å².